The Kier molecular flexibility index (Phi) is 5.03. The number of esters is 1. The monoisotopic (exact) mass is 377 g/mol. The lowest BCUT2D eigenvalue weighted by Gasteiger charge is -2.33. The molecule has 0 N–H and O–H groups in total. The number of morpholine rings is 1. The lowest BCUT2D eigenvalue weighted by molar-refractivity contribution is -0.149. The summed E-state index contributed by atoms with van der Waals surface area (Å²) in [6.07, 6.45) is 0. The van der Waals surface area contributed by atoms with Gasteiger partial charge in [-0.15, -0.1) is 0 Å². The summed E-state index contributed by atoms with van der Waals surface area (Å²) in [5.74, 6) is -0.620. The highest BCUT2D eigenvalue weighted by atomic mass is 79.9. The molecule has 8 heteroatoms. The van der Waals surface area contributed by atoms with Crippen molar-refractivity contribution in [3.63, 3.8) is 0 Å². The van der Waals surface area contributed by atoms with E-state index >= 15 is 0 Å². The van der Waals surface area contributed by atoms with Gasteiger partial charge in [0.05, 0.1) is 25.2 Å². The highest BCUT2D eigenvalue weighted by Crippen LogP contribution is 2.26. The Morgan fingerprint density at radius 1 is 1.48 bits per heavy atom. The minimum Gasteiger partial charge on any atom is -0.468 e. The summed E-state index contributed by atoms with van der Waals surface area (Å²) in [4.78, 5) is 12.0. The number of methoxy groups -OCH3 is 1. The molecule has 0 spiro atoms. The molecule has 1 atom stereocenters. The first-order chi connectivity index (χ1) is 9.87. The van der Waals surface area contributed by atoms with Crippen LogP contribution in [-0.4, -0.2) is 51.6 Å². The summed E-state index contributed by atoms with van der Waals surface area (Å²) in [5.41, 5.74) is 0.619. The zero-order chi connectivity index (χ0) is 15.6. The molecule has 0 saturated carbocycles. The lowest BCUT2D eigenvalue weighted by Crippen LogP contribution is -2.52. The van der Waals surface area contributed by atoms with E-state index in [1.165, 1.54) is 13.2 Å². The normalized spacial score (nSPS) is 20.2. The van der Waals surface area contributed by atoms with Crippen LogP contribution in [0.4, 0.5) is 0 Å². The largest absolute Gasteiger partial charge is 0.468 e. The highest BCUT2D eigenvalue weighted by Gasteiger charge is 2.39. The molecule has 0 radical (unpaired) electrons. The van der Waals surface area contributed by atoms with Crippen LogP contribution in [0, 0.1) is 6.92 Å². The van der Waals surface area contributed by atoms with Crippen LogP contribution in [0.15, 0.2) is 27.6 Å². The molecule has 0 amide bonds. The fourth-order valence-corrected chi connectivity index (χ4v) is 4.49. The SMILES string of the molecule is COC(=O)C1COCCN1S(=O)(=O)c1cc(Br)ccc1C. The van der Waals surface area contributed by atoms with Gasteiger partial charge in [0.25, 0.3) is 0 Å². The van der Waals surface area contributed by atoms with Gasteiger partial charge in [-0.2, -0.15) is 4.31 Å². The van der Waals surface area contributed by atoms with Crippen LogP contribution in [0.5, 0.6) is 0 Å². The number of ether oxygens (including phenoxy) is 2. The van der Waals surface area contributed by atoms with Crippen molar-refractivity contribution in [1.29, 1.82) is 0 Å². The molecular formula is C13H16BrNO5S. The van der Waals surface area contributed by atoms with Crippen LogP contribution in [0.3, 0.4) is 0 Å². The van der Waals surface area contributed by atoms with Crippen LogP contribution >= 0.6 is 15.9 Å². The molecule has 0 bridgehead atoms. The van der Waals surface area contributed by atoms with Gasteiger partial charge in [0, 0.05) is 11.0 Å². The fourth-order valence-electron chi connectivity index (χ4n) is 2.18. The number of benzene rings is 1. The second kappa shape index (κ2) is 6.43. The van der Waals surface area contributed by atoms with E-state index in [2.05, 4.69) is 20.7 Å². The Bertz CT molecular complexity index is 646. The first kappa shape index (κ1) is 16.4. The van der Waals surface area contributed by atoms with E-state index < -0.39 is 22.0 Å². The molecule has 0 aromatic heterocycles. The molecule has 6 nitrogen and oxygen atoms in total. The van der Waals surface area contributed by atoms with Crippen molar-refractivity contribution in [3.05, 3.63) is 28.2 Å². The minimum absolute atomic E-state index is 0.00104. The molecule has 116 valence electrons. The molecule has 21 heavy (non-hydrogen) atoms. The molecule has 0 aliphatic carbocycles. The van der Waals surface area contributed by atoms with E-state index in [0.29, 0.717) is 10.0 Å². The van der Waals surface area contributed by atoms with E-state index in [1.54, 1.807) is 19.1 Å². The van der Waals surface area contributed by atoms with Gasteiger partial charge in [-0.05, 0) is 24.6 Å². The number of nitrogens with zero attached hydrogens (tertiary/aromatic N) is 1. The van der Waals surface area contributed by atoms with Gasteiger partial charge in [0.1, 0.15) is 6.04 Å². The van der Waals surface area contributed by atoms with E-state index in [4.69, 9.17) is 4.74 Å². The van der Waals surface area contributed by atoms with Gasteiger partial charge in [-0.25, -0.2) is 8.42 Å². The maximum absolute atomic E-state index is 12.8. The number of aryl methyl sites for hydroxylation is 1. The summed E-state index contributed by atoms with van der Waals surface area (Å²) in [6.45, 7) is 2.08. The van der Waals surface area contributed by atoms with Crippen molar-refractivity contribution in [1.82, 2.24) is 4.31 Å². The first-order valence-corrected chi connectivity index (χ1v) is 8.55. The number of sulfonamides is 1. The fraction of sp³-hybridized carbons (Fsp3) is 0.462. The quantitative estimate of drug-likeness (QED) is 0.742. The smallest absolute Gasteiger partial charge is 0.326 e. The van der Waals surface area contributed by atoms with Crippen molar-refractivity contribution in [2.24, 2.45) is 0 Å². The Morgan fingerprint density at radius 2 is 2.19 bits per heavy atom. The third kappa shape index (κ3) is 3.28. The molecule has 1 aliphatic rings. The van der Waals surface area contributed by atoms with Crippen LogP contribution < -0.4 is 0 Å². The van der Waals surface area contributed by atoms with Crippen molar-refractivity contribution < 1.29 is 22.7 Å². The van der Waals surface area contributed by atoms with E-state index in [1.807, 2.05) is 0 Å². The van der Waals surface area contributed by atoms with Crippen molar-refractivity contribution in [3.8, 4) is 0 Å². The summed E-state index contributed by atoms with van der Waals surface area (Å²) >= 11 is 3.27. The van der Waals surface area contributed by atoms with Gasteiger partial charge < -0.3 is 9.47 Å². The number of hydrogen-bond donors (Lipinski definition) is 0. The molecule has 1 unspecified atom stereocenters. The molecule has 1 aliphatic heterocycles. The van der Waals surface area contributed by atoms with Crippen LogP contribution in [-0.2, 0) is 24.3 Å². The molecule has 2 rings (SSSR count). The number of carbonyl (C=O) groups excluding carboxylic acids is 1. The molecule has 1 aromatic rings. The average Bonchev–Trinajstić information content (AvgIpc) is 2.48. The predicted octanol–water partition coefficient (Wildman–Crippen LogP) is 1.32. The molecule has 1 saturated heterocycles. The number of hydrogen-bond acceptors (Lipinski definition) is 5. The summed E-state index contributed by atoms with van der Waals surface area (Å²) < 4.78 is 37.4. The highest BCUT2D eigenvalue weighted by molar-refractivity contribution is 9.10. The number of halogens is 1. The predicted molar refractivity (Wildman–Crippen MR) is 79.4 cm³/mol. The molecule has 1 aromatic carbocycles. The zero-order valence-corrected chi connectivity index (χ0v) is 14.1. The Balaban J connectivity index is 2.45. The number of carbonyl (C=O) groups is 1. The Morgan fingerprint density at radius 3 is 2.86 bits per heavy atom. The Labute approximate surface area is 132 Å². The minimum atomic E-state index is -3.80. The Hall–Kier alpha value is -0.960. The van der Waals surface area contributed by atoms with Gasteiger partial charge >= 0.3 is 5.97 Å². The van der Waals surface area contributed by atoms with Gasteiger partial charge in [0.15, 0.2) is 0 Å². The second-order valence-electron chi connectivity index (χ2n) is 4.64. The average molecular weight is 378 g/mol. The number of rotatable bonds is 3. The van der Waals surface area contributed by atoms with E-state index in [-0.39, 0.29) is 24.7 Å². The summed E-state index contributed by atoms with van der Waals surface area (Å²) in [6, 6.07) is 4.07. The topological polar surface area (TPSA) is 72.9 Å². The molecule has 1 heterocycles. The standard InChI is InChI=1S/C13H16BrNO5S/c1-9-3-4-10(14)7-12(9)21(17,18)15-5-6-20-8-11(15)13(16)19-2/h3-4,7,11H,5-6,8H2,1-2H3. The van der Waals surface area contributed by atoms with E-state index in [0.717, 1.165) is 4.31 Å². The first-order valence-electron chi connectivity index (χ1n) is 6.31. The maximum atomic E-state index is 12.8. The van der Waals surface area contributed by atoms with Crippen LogP contribution in [0.25, 0.3) is 0 Å². The van der Waals surface area contributed by atoms with E-state index in [9.17, 15) is 13.2 Å². The third-order valence-corrected chi connectivity index (χ3v) is 5.83. The van der Waals surface area contributed by atoms with Crippen LogP contribution in [0.2, 0.25) is 0 Å². The van der Waals surface area contributed by atoms with Crippen molar-refractivity contribution >= 4 is 31.9 Å². The maximum Gasteiger partial charge on any atom is 0.326 e. The van der Waals surface area contributed by atoms with Crippen LogP contribution in [0.1, 0.15) is 5.56 Å². The van der Waals surface area contributed by atoms with Crippen molar-refractivity contribution in [2.75, 3.05) is 26.9 Å². The second-order valence-corrected chi connectivity index (χ2v) is 7.41. The van der Waals surface area contributed by atoms with Crippen molar-refractivity contribution in [2.45, 2.75) is 17.9 Å². The summed E-state index contributed by atoms with van der Waals surface area (Å²) in [5, 5.41) is 0. The summed E-state index contributed by atoms with van der Waals surface area (Å²) in [7, 11) is -2.57. The van der Waals surface area contributed by atoms with Gasteiger partial charge in [-0.3, -0.25) is 4.79 Å². The zero-order valence-electron chi connectivity index (χ0n) is 11.7. The lowest BCUT2D eigenvalue weighted by atomic mass is 10.2. The third-order valence-electron chi connectivity index (χ3n) is 3.29. The van der Waals surface area contributed by atoms with Gasteiger partial charge in [-0.1, -0.05) is 22.0 Å². The van der Waals surface area contributed by atoms with Gasteiger partial charge in [0.2, 0.25) is 10.0 Å². The molecular weight excluding hydrogens is 362 g/mol. The molecule has 1 fully saturated rings.